The molecule has 0 aliphatic carbocycles. The van der Waals surface area contributed by atoms with Crippen molar-refractivity contribution in [3.63, 3.8) is 0 Å². The van der Waals surface area contributed by atoms with Gasteiger partial charge in [0.05, 0.1) is 12.5 Å². The van der Waals surface area contributed by atoms with Gasteiger partial charge in [0.1, 0.15) is 0 Å². The Morgan fingerprint density at radius 3 is 2.59 bits per heavy atom. The van der Waals surface area contributed by atoms with E-state index in [-0.39, 0.29) is 25.0 Å². The van der Waals surface area contributed by atoms with Gasteiger partial charge in [-0.25, -0.2) is 4.79 Å². The van der Waals surface area contributed by atoms with Crippen molar-refractivity contribution in [2.45, 2.75) is 19.4 Å². The fourth-order valence-electron chi connectivity index (χ4n) is 2.37. The van der Waals surface area contributed by atoms with Gasteiger partial charge >= 0.3 is 12.0 Å². The van der Waals surface area contributed by atoms with Crippen molar-refractivity contribution in [1.29, 1.82) is 0 Å². The summed E-state index contributed by atoms with van der Waals surface area (Å²) in [7, 11) is 1.59. The Bertz CT molecular complexity index is 679. The molecule has 2 rings (SSSR count). The zero-order valence-electron chi connectivity index (χ0n) is 12.7. The van der Waals surface area contributed by atoms with Gasteiger partial charge in [0, 0.05) is 13.6 Å². The monoisotopic (exact) mass is 300 g/mol. The number of amides is 2. The summed E-state index contributed by atoms with van der Waals surface area (Å²) in [6.07, 6.45) is -0.0629. The lowest BCUT2D eigenvalue weighted by molar-refractivity contribution is -0.137. The number of hydrogen-bond acceptors (Lipinski definition) is 2. The third kappa shape index (κ3) is 3.75. The molecule has 0 saturated carbocycles. The number of fused-ring (bicyclic) bond motifs is 1. The summed E-state index contributed by atoms with van der Waals surface area (Å²) in [5.74, 6) is -0.915. The topological polar surface area (TPSA) is 69.6 Å². The first-order valence-corrected chi connectivity index (χ1v) is 7.20. The van der Waals surface area contributed by atoms with Crippen LogP contribution in [0, 0.1) is 0 Å². The molecule has 0 fully saturated rings. The van der Waals surface area contributed by atoms with Gasteiger partial charge in [-0.2, -0.15) is 0 Å². The highest BCUT2D eigenvalue weighted by molar-refractivity contribution is 5.86. The number of nitrogens with zero attached hydrogens (tertiary/aromatic N) is 1. The van der Waals surface area contributed by atoms with E-state index in [0.717, 1.165) is 16.3 Å². The maximum Gasteiger partial charge on any atom is 0.317 e. The zero-order chi connectivity index (χ0) is 16.1. The number of rotatable bonds is 5. The summed E-state index contributed by atoms with van der Waals surface area (Å²) >= 11 is 0. The van der Waals surface area contributed by atoms with Crippen LogP contribution in [0.25, 0.3) is 10.8 Å². The number of carbonyl (C=O) groups excluding carboxylic acids is 1. The number of carboxylic acid groups (broad SMARTS) is 1. The third-order valence-corrected chi connectivity index (χ3v) is 3.64. The smallest absolute Gasteiger partial charge is 0.317 e. The summed E-state index contributed by atoms with van der Waals surface area (Å²) in [6.45, 7) is 2.11. The Morgan fingerprint density at radius 1 is 1.18 bits per heavy atom. The Morgan fingerprint density at radius 2 is 1.86 bits per heavy atom. The summed E-state index contributed by atoms with van der Waals surface area (Å²) in [5.41, 5.74) is 1.04. The predicted molar refractivity (Wildman–Crippen MR) is 85.8 cm³/mol. The van der Waals surface area contributed by atoms with Crippen LogP contribution in [0.3, 0.4) is 0 Å². The van der Waals surface area contributed by atoms with Gasteiger partial charge in [-0.1, -0.05) is 42.5 Å². The Kier molecular flexibility index (Phi) is 4.99. The SMILES string of the molecule is CC(NC(=O)N(C)CCC(=O)O)c1cccc2ccccc12. The molecule has 0 saturated heterocycles. The lowest BCUT2D eigenvalue weighted by Gasteiger charge is -2.22. The molecule has 0 aromatic heterocycles. The van der Waals surface area contributed by atoms with Gasteiger partial charge in [-0.3, -0.25) is 4.79 Å². The van der Waals surface area contributed by atoms with Crippen LogP contribution in [0.5, 0.6) is 0 Å². The molecule has 2 amide bonds. The standard InChI is InChI=1S/C17H20N2O3/c1-12(18-17(22)19(2)11-10-16(20)21)14-9-5-7-13-6-3-4-8-15(13)14/h3-9,12H,10-11H2,1-2H3,(H,18,22)(H,20,21). The Balaban J connectivity index is 2.09. The third-order valence-electron chi connectivity index (χ3n) is 3.64. The molecule has 2 aromatic carbocycles. The van der Waals surface area contributed by atoms with Crippen LogP contribution in [0.2, 0.25) is 0 Å². The van der Waals surface area contributed by atoms with E-state index in [9.17, 15) is 9.59 Å². The van der Waals surface area contributed by atoms with Crippen molar-refractivity contribution in [2.75, 3.05) is 13.6 Å². The van der Waals surface area contributed by atoms with Crippen LogP contribution in [-0.4, -0.2) is 35.6 Å². The van der Waals surface area contributed by atoms with E-state index in [2.05, 4.69) is 5.32 Å². The molecule has 2 N–H and O–H groups in total. The van der Waals surface area contributed by atoms with Crippen molar-refractivity contribution >= 4 is 22.8 Å². The predicted octanol–water partition coefficient (Wildman–Crippen LogP) is 3.02. The lowest BCUT2D eigenvalue weighted by Crippen LogP contribution is -2.39. The molecule has 0 bridgehead atoms. The molecule has 0 aliphatic rings. The number of urea groups is 1. The number of hydrogen-bond donors (Lipinski definition) is 2. The first-order valence-electron chi connectivity index (χ1n) is 7.20. The normalized spacial score (nSPS) is 11.9. The van der Waals surface area contributed by atoms with Crippen molar-refractivity contribution in [1.82, 2.24) is 10.2 Å². The molecule has 0 radical (unpaired) electrons. The first kappa shape index (κ1) is 15.8. The van der Waals surface area contributed by atoms with Crippen LogP contribution in [-0.2, 0) is 4.79 Å². The molecule has 116 valence electrons. The van der Waals surface area contributed by atoms with Crippen molar-refractivity contribution in [3.05, 3.63) is 48.0 Å². The molecule has 2 aromatic rings. The lowest BCUT2D eigenvalue weighted by atomic mass is 10.00. The Hall–Kier alpha value is -2.56. The number of benzene rings is 2. The van der Waals surface area contributed by atoms with E-state index >= 15 is 0 Å². The second-order valence-electron chi connectivity index (χ2n) is 5.30. The minimum Gasteiger partial charge on any atom is -0.481 e. The van der Waals surface area contributed by atoms with E-state index < -0.39 is 5.97 Å². The second-order valence-corrected chi connectivity index (χ2v) is 5.30. The Labute approximate surface area is 129 Å². The molecule has 1 atom stereocenters. The largest absolute Gasteiger partial charge is 0.481 e. The second kappa shape index (κ2) is 6.93. The molecule has 0 spiro atoms. The minimum atomic E-state index is -0.915. The molecule has 5 nitrogen and oxygen atoms in total. The summed E-state index contributed by atoms with van der Waals surface area (Å²) in [4.78, 5) is 24.0. The van der Waals surface area contributed by atoms with Crippen molar-refractivity contribution in [2.24, 2.45) is 0 Å². The highest BCUT2D eigenvalue weighted by Crippen LogP contribution is 2.24. The summed E-state index contributed by atoms with van der Waals surface area (Å²) in [6, 6.07) is 13.6. The molecule has 0 heterocycles. The van der Waals surface area contributed by atoms with E-state index in [1.165, 1.54) is 4.90 Å². The number of nitrogens with one attached hydrogen (secondary N) is 1. The van der Waals surface area contributed by atoms with Gasteiger partial charge in [0.15, 0.2) is 0 Å². The van der Waals surface area contributed by atoms with Gasteiger partial charge in [-0.15, -0.1) is 0 Å². The van der Waals surface area contributed by atoms with Gasteiger partial charge in [0.2, 0.25) is 0 Å². The average Bonchev–Trinajstić information content (AvgIpc) is 2.51. The van der Waals surface area contributed by atoms with E-state index in [0.29, 0.717) is 0 Å². The number of carboxylic acids is 1. The maximum atomic E-state index is 12.1. The fourth-order valence-corrected chi connectivity index (χ4v) is 2.37. The first-order chi connectivity index (χ1) is 10.5. The highest BCUT2D eigenvalue weighted by atomic mass is 16.4. The van der Waals surface area contributed by atoms with Crippen LogP contribution in [0.1, 0.15) is 24.9 Å². The van der Waals surface area contributed by atoms with Crippen LogP contribution < -0.4 is 5.32 Å². The van der Waals surface area contributed by atoms with E-state index in [1.807, 2.05) is 49.4 Å². The molecular formula is C17H20N2O3. The van der Waals surface area contributed by atoms with Crippen LogP contribution >= 0.6 is 0 Å². The van der Waals surface area contributed by atoms with Gasteiger partial charge < -0.3 is 15.3 Å². The van der Waals surface area contributed by atoms with E-state index in [1.54, 1.807) is 7.05 Å². The molecule has 22 heavy (non-hydrogen) atoms. The summed E-state index contributed by atoms with van der Waals surface area (Å²) < 4.78 is 0. The fraction of sp³-hybridized carbons (Fsp3) is 0.294. The van der Waals surface area contributed by atoms with Gasteiger partial charge in [0.25, 0.3) is 0 Å². The summed E-state index contributed by atoms with van der Waals surface area (Å²) in [5, 5.41) is 13.8. The van der Waals surface area contributed by atoms with Gasteiger partial charge in [-0.05, 0) is 23.3 Å². The maximum absolute atomic E-state index is 12.1. The average molecular weight is 300 g/mol. The molecule has 0 aliphatic heterocycles. The van der Waals surface area contributed by atoms with Crippen LogP contribution in [0.4, 0.5) is 4.79 Å². The molecular weight excluding hydrogens is 280 g/mol. The minimum absolute atomic E-state index is 0.0629. The van der Waals surface area contributed by atoms with Crippen molar-refractivity contribution in [3.8, 4) is 0 Å². The van der Waals surface area contributed by atoms with E-state index in [4.69, 9.17) is 5.11 Å². The number of carbonyl (C=O) groups is 2. The van der Waals surface area contributed by atoms with Crippen LogP contribution in [0.15, 0.2) is 42.5 Å². The zero-order valence-corrected chi connectivity index (χ0v) is 12.7. The molecule has 5 heteroatoms. The number of aliphatic carboxylic acids is 1. The highest BCUT2D eigenvalue weighted by Gasteiger charge is 2.15. The van der Waals surface area contributed by atoms with Crippen molar-refractivity contribution < 1.29 is 14.7 Å². The molecule has 1 unspecified atom stereocenters. The quantitative estimate of drug-likeness (QED) is 0.891.